The van der Waals surface area contributed by atoms with Gasteiger partial charge in [0.15, 0.2) is 0 Å². The van der Waals surface area contributed by atoms with Gasteiger partial charge in [-0.25, -0.2) is 4.79 Å². The Balaban J connectivity index is 1.48. The molecule has 2 aromatic carbocycles. The SMILES string of the molecule is O=C(CCc1ccccc1)N1CCCN(C(=O)Oc2ccccc2)CC1. The standard InChI is InChI=1S/C21H24N2O3/c24-20(13-12-18-8-3-1-4-9-18)22-14-7-15-23(17-16-22)21(25)26-19-10-5-2-6-11-19/h1-6,8-11H,7,12-17H2. The summed E-state index contributed by atoms with van der Waals surface area (Å²) in [4.78, 5) is 28.3. The summed E-state index contributed by atoms with van der Waals surface area (Å²) in [5.74, 6) is 0.685. The average Bonchev–Trinajstić information content (AvgIpc) is 2.94. The van der Waals surface area contributed by atoms with Gasteiger partial charge in [-0.3, -0.25) is 4.79 Å². The number of ether oxygens (including phenoxy) is 1. The Labute approximate surface area is 154 Å². The molecule has 0 atom stereocenters. The maximum atomic E-state index is 12.5. The maximum absolute atomic E-state index is 12.5. The predicted molar refractivity (Wildman–Crippen MR) is 100.0 cm³/mol. The van der Waals surface area contributed by atoms with Crippen molar-refractivity contribution >= 4 is 12.0 Å². The number of carbonyl (C=O) groups excluding carboxylic acids is 2. The van der Waals surface area contributed by atoms with Crippen molar-refractivity contribution in [2.24, 2.45) is 0 Å². The van der Waals surface area contributed by atoms with Crippen LogP contribution in [0.1, 0.15) is 18.4 Å². The molecule has 1 aliphatic heterocycles. The van der Waals surface area contributed by atoms with Crippen molar-refractivity contribution in [3.8, 4) is 5.75 Å². The largest absolute Gasteiger partial charge is 0.415 e. The zero-order valence-corrected chi connectivity index (χ0v) is 14.8. The van der Waals surface area contributed by atoms with E-state index in [0.29, 0.717) is 38.3 Å². The van der Waals surface area contributed by atoms with Crippen LogP contribution in [0.3, 0.4) is 0 Å². The van der Waals surface area contributed by atoms with Crippen LogP contribution in [0.15, 0.2) is 60.7 Å². The van der Waals surface area contributed by atoms with Gasteiger partial charge in [-0.1, -0.05) is 48.5 Å². The fourth-order valence-electron chi connectivity index (χ4n) is 3.06. The quantitative estimate of drug-likeness (QED) is 0.848. The van der Waals surface area contributed by atoms with Crippen molar-refractivity contribution in [1.29, 1.82) is 0 Å². The van der Waals surface area contributed by atoms with Gasteiger partial charge in [0.2, 0.25) is 5.91 Å². The van der Waals surface area contributed by atoms with Crippen LogP contribution in [0.2, 0.25) is 0 Å². The van der Waals surface area contributed by atoms with Gasteiger partial charge in [-0.15, -0.1) is 0 Å². The third kappa shape index (κ3) is 5.09. The van der Waals surface area contributed by atoms with E-state index in [1.165, 1.54) is 5.56 Å². The molecule has 1 fully saturated rings. The first kappa shape index (κ1) is 18.0. The normalized spacial score (nSPS) is 14.6. The highest BCUT2D eigenvalue weighted by atomic mass is 16.6. The number of amides is 2. The molecule has 0 bridgehead atoms. The lowest BCUT2D eigenvalue weighted by atomic mass is 10.1. The molecule has 0 aliphatic carbocycles. The van der Waals surface area contributed by atoms with Crippen LogP contribution in [0.5, 0.6) is 5.75 Å². The monoisotopic (exact) mass is 352 g/mol. The smallest absolute Gasteiger partial charge is 0.410 e. The fourth-order valence-corrected chi connectivity index (χ4v) is 3.06. The summed E-state index contributed by atoms with van der Waals surface area (Å²) < 4.78 is 5.39. The highest BCUT2D eigenvalue weighted by molar-refractivity contribution is 5.77. The molecule has 5 nitrogen and oxygen atoms in total. The van der Waals surface area contributed by atoms with E-state index in [9.17, 15) is 9.59 Å². The first-order chi connectivity index (χ1) is 12.7. The first-order valence-electron chi connectivity index (χ1n) is 9.06. The molecule has 136 valence electrons. The fraction of sp³-hybridized carbons (Fsp3) is 0.333. The van der Waals surface area contributed by atoms with E-state index in [0.717, 1.165) is 12.8 Å². The van der Waals surface area contributed by atoms with E-state index in [1.54, 1.807) is 17.0 Å². The molecule has 2 amide bonds. The number of rotatable bonds is 4. The number of para-hydroxylation sites is 1. The lowest BCUT2D eigenvalue weighted by molar-refractivity contribution is -0.131. The molecule has 0 radical (unpaired) electrons. The summed E-state index contributed by atoms with van der Waals surface area (Å²) in [6.07, 6.45) is 1.66. The van der Waals surface area contributed by atoms with Gasteiger partial charge in [-0.2, -0.15) is 0 Å². The molecule has 0 aromatic heterocycles. The molecule has 2 aromatic rings. The first-order valence-corrected chi connectivity index (χ1v) is 9.06. The molecule has 1 aliphatic rings. The minimum absolute atomic E-state index is 0.145. The van der Waals surface area contributed by atoms with Gasteiger partial charge in [0.25, 0.3) is 0 Å². The zero-order valence-electron chi connectivity index (χ0n) is 14.8. The van der Waals surface area contributed by atoms with Crippen LogP contribution >= 0.6 is 0 Å². The Hall–Kier alpha value is -2.82. The second-order valence-corrected chi connectivity index (χ2v) is 6.39. The van der Waals surface area contributed by atoms with Crippen LogP contribution in [0.4, 0.5) is 4.79 Å². The number of benzene rings is 2. The zero-order chi connectivity index (χ0) is 18.2. The number of carbonyl (C=O) groups is 2. The third-order valence-corrected chi connectivity index (χ3v) is 4.53. The molecule has 0 N–H and O–H groups in total. The van der Waals surface area contributed by atoms with Crippen molar-refractivity contribution in [1.82, 2.24) is 9.80 Å². The van der Waals surface area contributed by atoms with E-state index in [4.69, 9.17) is 4.74 Å². The summed E-state index contributed by atoms with van der Waals surface area (Å²) >= 11 is 0. The number of hydrogen-bond acceptors (Lipinski definition) is 3. The van der Waals surface area contributed by atoms with E-state index < -0.39 is 0 Å². The molecular weight excluding hydrogens is 328 g/mol. The maximum Gasteiger partial charge on any atom is 0.415 e. The molecule has 26 heavy (non-hydrogen) atoms. The highest BCUT2D eigenvalue weighted by Crippen LogP contribution is 2.13. The second kappa shape index (κ2) is 9.04. The van der Waals surface area contributed by atoms with Gasteiger partial charge in [0, 0.05) is 32.6 Å². The van der Waals surface area contributed by atoms with Crippen molar-refractivity contribution in [3.05, 3.63) is 66.2 Å². The minimum atomic E-state index is -0.352. The highest BCUT2D eigenvalue weighted by Gasteiger charge is 2.23. The van der Waals surface area contributed by atoms with E-state index in [1.807, 2.05) is 53.4 Å². The van der Waals surface area contributed by atoms with Crippen molar-refractivity contribution in [2.75, 3.05) is 26.2 Å². The summed E-state index contributed by atoms with van der Waals surface area (Å²) in [6, 6.07) is 19.1. The van der Waals surface area contributed by atoms with E-state index in [-0.39, 0.29) is 12.0 Å². The predicted octanol–water partition coefficient (Wildman–Crippen LogP) is 3.35. The van der Waals surface area contributed by atoms with Crippen LogP contribution in [0.25, 0.3) is 0 Å². The van der Waals surface area contributed by atoms with Gasteiger partial charge in [0.1, 0.15) is 5.75 Å². The molecule has 1 saturated heterocycles. The Morgan fingerprint density at radius 1 is 0.808 bits per heavy atom. The van der Waals surface area contributed by atoms with E-state index >= 15 is 0 Å². The lowest BCUT2D eigenvalue weighted by Crippen LogP contribution is -2.38. The summed E-state index contributed by atoms with van der Waals surface area (Å²) in [5, 5.41) is 0. The van der Waals surface area contributed by atoms with Crippen molar-refractivity contribution < 1.29 is 14.3 Å². The van der Waals surface area contributed by atoms with Crippen LogP contribution in [0, 0.1) is 0 Å². The van der Waals surface area contributed by atoms with Crippen LogP contribution in [-0.4, -0.2) is 48.0 Å². The van der Waals surface area contributed by atoms with E-state index in [2.05, 4.69) is 0 Å². The Bertz CT molecular complexity index is 719. The van der Waals surface area contributed by atoms with Crippen LogP contribution in [-0.2, 0) is 11.2 Å². The number of aryl methyl sites for hydroxylation is 1. The minimum Gasteiger partial charge on any atom is -0.410 e. The third-order valence-electron chi connectivity index (χ3n) is 4.53. The molecular formula is C21H24N2O3. The van der Waals surface area contributed by atoms with Crippen LogP contribution < -0.4 is 4.74 Å². The van der Waals surface area contributed by atoms with Crippen molar-refractivity contribution in [3.63, 3.8) is 0 Å². The summed E-state index contributed by atoms with van der Waals surface area (Å²) in [5.41, 5.74) is 1.17. The van der Waals surface area contributed by atoms with Crippen molar-refractivity contribution in [2.45, 2.75) is 19.3 Å². The Kier molecular flexibility index (Phi) is 6.25. The average molecular weight is 352 g/mol. The molecule has 0 saturated carbocycles. The number of nitrogens with zero attached hydrogens (tertiary/aromatic N) is 2. The Morgan fingerprint density at radius 2 is 1.42 bits per heavy atom. The molecule has 3 rings (SSSR count). The number of hydrogen-bond donors (Lipinski definition) is 0. The molecule has 1 heterocycles. The van der Waals surface area contributed by atoms with Gasteiger partial charge >= 0.3 is 6.09 Å². The summed E-state index contributed by atoms with van der Waals surface area (Å²) in [7, 11) is 0. The molecule has 5 heteroatoms. The van der Waals surface area contributed by atoms with Gasteiger partial charge in [0.05, 0.1) is 0 Å². The lowest BCUT2D eigenvalue weighted by Gasteiger charge is -2.22. The second-order valence-electron chi connectivity index (χ2n) is 6.39. The Morgan fingerprint density at radius 3 is 2.15 bits per heavy atom. The summed E-state index contributed by atoms with van der Waals surface area (Å²) in [6.45, 7) is 2.34. The van der Waals surface area contributed by atoms with Gasteiger partial charge < -0.3 is 14.5 Å². The molecule has 0 unspecified atom stereocenters. The topological polar surface area (TPSA) is 49.9 Å². The molecule has 0 spiro atoms. The van der Waals surface area contributed by atoms with Gasteiger partial charge in [-0.05, 0) is 30.5 Å².